The molecule has 0 aromatic heterocycles. The molecule has 0 aliphatic carbocycles. The molecule has 0 aliphatic rings. The molecule has 0 fully saturated rings. The topological polar surface area (TPSA) is 695 Å². The van der Waals surface area contributed by atoms with Crippen molar-refractivity contribution in [3.63, 3.8) is 0 Å². The Morgan fingerprint density at radius 3 is 0.838 bits per heavy atom. The first-order chi connectivity index (χ1) is 46.6. The van der Waals surface area contributed by atoms with E-state index in [-0.39, 0.29) is 134 Å². The number of nitrogens with one attached hydrogen (secondary N) is 11. The Bertz CT molecular complexity index is 2660. The van der Waals surface area contributed by atoms with Crippen LogP contribution in [-0.2, 0) is 57.5 Å². The van der Waals surface area contributed by atoms with Crippen molar-refractivity contribution >= 4 is 88.8 Å². The summed E-state index contributed by atoms with van der Waals surface area (Å²) in [5.41, 5.74) is 56.3. The van der Waals surface area contributed by atoms with Crippen LogP contribution in [0.15, 0.2) is 15.0 Å². The lowest BCUT2D eigenvalue weighted by Crippen LogP contribution is -2.61. The monoisotopic (exact) mass is 1410 g/mol. The summed E-state index contributed by atoms with van der Waals surface area (Å²) in [6.07, 6.45) is 1.80. The van der Waals surface area contributed by atoms with Crippen LogP contribution >= 0.6 is 0 Å². The molecular weight excluding hydrogens is 1300 g/mol. The van der Waals surface area contributed by atoms with Crippen LogP contribution in [0.4, 0.5) is 0 Å². The van der Waals surface area contributed by atoms with E-state index in [1.165, 1.54) is 6.92 Å². The second-order valence-corrected chi connectivity index (χ2v) is 24.9. The van der Waals surface area contributed by atoms with E-state index in [4.69, 9.17) is 57.3 Å². The second-order valence-electron chi connectivity index (χ2n) is 24.9. The molecule has 0 bridgehead atoms. The third-order valence-electron chi connectivity index (χ3n) is 15.4. The SMILES string of the molecule is CC(NC(=O)C(CCCN=C(N)N)NC(=O)C(CCCCN)NC(=O)C(CCCN=C(N)N)NC(=O)C(CCCCN)NC(=O)C(CO)NC(=O)C(CO)NC(=O)C(N)C(C)C)C(=O)NC(C(=O)NC(CCCCN)C(=O)NC(CCCN=C(N)N)C(=O)NC(C(=O)O)C(C)C)C(C)C. The van der Waals surface area contributed by atoms with E-state index in [0.29, 0.717) is 25.7 Å². The van der Waals surface area contributed by atoms with Crippen LogP contribution in [0.5, 0.6) is 0 Å². The lowest BCUT2D eigenvalue weighted by atomic mass is 10.0. The third kappa shape index (κ3) is 37.1. The van der Waals surface area contributed by atoms with Crippen LogP contribution in [0.3, 0.4) is 0 Å². The Kier molecular flexibility index (Phi) is 45.3. The van der Waals surface area contributed by atoms with Crippen molar-refractivity contribution in [2.24, 2.45) is 90.1 Å². The first kappa shape index (κ1) is 90.2. The number of unbranched alkanes of at least 4 members (excludes halogenated alkanes) is 3. The lowest BCUT2D eigenvalue weighted by molar-refractivity contribution is -0.143. The molecule has 12 unspecified atom stereocenters. The molecule has 0 aliphatic heterocycles. The van der Waals surface area contributed by atoms with E-state index >= 15 is 0 Å². The maximum Gasteiger partial charge on any atom is 0.326 e. The molecule has 39 heteroatoms. The smallest absolute Gasteiger partial charge is 0.326 e. The van der Waals surface area contributed by atoms with E-state index in [1.54, 1.807) is 41.5 Å². The van der Waals surface area contributed by atoms with Crippen LogP contribution in [0.1, 0.15) is 145 Å². The zero-order valence-electron chi connectivity index (χ0n) is 58.3. The fourth-order valence-corrected chi connectivity index (χ4v) is 9.42. The van der Waals surface area contributed by atoms with Gasteiger partial charge in [0.2, 0.25) is 65.0 Å². The van der Waals surface area contributed by atoms with Gasteiger partial charge in [0.05, 0.1) is 19.3 Å². The van der Waals surface area contributed by atoms with Crippen molar-refractivity contribution in [3.05, 3.63) is 0 Å². The average Bonchev–Trinajstić information content (AvgIpc) is 0.867. The molecule has 99 heavy (non-hydrogen) atoms. The van der Waals surface area contributed by atoms with Crippen LogP contribution in [-0.4, -0.2) is 229 Å². The van der Waals surface area contributed by atoms with Crippen molar-refractivity contribution in [2.75, 3.05) is 52.5 Å². The summed E-state index contributed by atoms with van der Waals surface area (Å²) in [5, 5.41) is 57.8. The number of aliphatic hydroxyl groups excluding tert-OH is 2. The zero-order valence-corrected chi connectivity index (χ0v) is 58.3. The van der Waals surface area contributed by atoms with E-state index in [9.17, 15) is 72.9 Å². The lowest BCUT2D eigenvalue weighted by Gasteiger charge is -2.29. The molecule has 39 nitrogen and oxygen atoms in total. The minimum atomic E-state index is -1.73. The Hall–Kier alpha value is -8.79. The zero-order chi connectivity index (χ0) is 75.5. The molecule has 0 aromatic rings. The minimum absolute atomic E-state index is 0.0166. The number of hydrogen-bond donors (Lipinski definition) is 24. The number of aliphatic hydroxyl groups is 2. The van der Waals surface area contributed by atoms with E-state index in [0.717, 1.165) is 0 Å². The summed E-state index contributed by atoms with van der Waals surface area (Å²) in [7, 11) is 0. The number of hydrogen-bond acceptors (Lipinski definition) is 21. The van der Waals surface area contributed by atoms with Gasteiger partial charge in [-0.05, 0) is 141 Å². The van der Waals surface area contributed by atoms with Gasteiger partial charge >= 0.3 is 5.97 Å². The molecule has 11 amide bonds. The molecule has 566 valence electrons. The highest BCUT2D eigenvalue weighted by Crippen LogP contribution is 2.13. The van der Waals surface area contributed by atoms with Crippen LogP contribution in [0.25, 0.3) is 0 Å². The van der Waals surface area contributed by atoms with Crippen molar-refractivity contribution in [1.29, 1.82) is 0 Å². The molecule has 12 atom stereocenters. The quantitative estimate of drug-likeness (QED) is 0.0153. The summed E-state index contributed by atoms with van der Waals surface area (Å²) in [6.45, 7) is 9.66. The van der Waals surface area contributed by atoms with Gasteiger partial charge in [0.15, 0.2) is 17.9 Å². The van der Waals surface area contributed by atoms with E-state index < -0.39 is 168 Å². The highest BCUT2D eigenvalue weighted by Gasteiger charge is 2.37. The van der Waals surface area contributed by atoms with Gasteiger partial charge in [0.1, 0.15) is 66.5 Å². The molecule has 34 N–H and O–H groups in total. The van der Waals surface area contributed by atoms with Crippen molar-refractivity contribution in [3.8, 4) is 0 Å². The summed E-state index contributed by atoms with van der Waals surface area (Å²) in [5.74, 6) is -13.6. The standard InChI is InChI=1S/C60H116N24O15/c1-31(2)43(64)55(96)82-42(30-86)54(95)81-41(29-85)53(94)79-36(18-9-12-24-62)49(90)77-39(21-15-27-72-59(67)68)51(92)75-35(17-8-11-23-61)48(89)76-38(20-14-26-71-58(65)66)47(88)74-34(7)46(87)83-44(32(3)4)56(97)80-37(19-10-13-25-63)50(91)78-40(22-16-28-73-60(69)70)52(93)84-45(33(5)6)57(98)99/h31-45,85-86H,8-30,61-64H2,1-7H3,(H,74,88)(H,75,92)(H,76,89)(H,77,90)(H,78,91)(H,79,94)(H,80,97)(H,81,95)(H,82,96)(H,83,87)(H,84,93)(H,98,99)(H4,65,66,71)(H4,67,68,72)(H4,69,70,73). The van der Waals surface area contributed by atoms with Crippen LogP contribution < -0.4 is 116 Å². The molecule has 0 aromatic carbocycles. The molecule has 0 radical (unpaired) electrons. The summed E-state index contributed by atoms with van der Waals surface area (Å²) in [4.78, 5) is 177. The first-order valence-corrected chi connectivity index (χ1v) is 33.4. The normalized spacial score (nSPS) is 14.8. The molecule has 0 rings (SSSR count). The highest BCUT2D eigenvalue weighted by molar-refractivity contribution is 5.99. The number of nitrogens with two attached hydrogens (primary N) is 10. The summed E-state index contributed by atoms with van der Waals surface area (Å²) < 4.78 is 0. The maximum absolute atomic E-state index is 14.5. The Balaban J connectivity index is 7.09. The first-order valence-electron chi connectivity index (χ1n) is 33.4. The summed E-state index contributed by atoms with van der Waals surface area (Å²) >= 11 is 0. The average molecular weight is 1410 g/mol. The number of carbonyl (C=O) groups is 12. The molecule has 0 saturated heterocycles. The fourth-order valence-electron chi connectivity index (χ4n) is 9.42. The highest BCUT2D eigenvalue weighted by atomic mass is 16.4. The predicted octanol–water partition coefficient (Wildman–Crippen LogP) is -8.75. The largest absolute Gasteiger partial charge is 0.480 e. The van der Waals surface area contributed by atoms with Crippen molar-refractivity contribution in [2.45, 2.75) is 217 Å². The number of aliphatic carboxylic acids is 1. The Morgan fingerprint density at radius 1 is 0.313 bits per heavy atom. The van der Waals surface area contributed by atoms with Gasteiger partial charge in [-0.3, -0.25) is 67.7 Å². The maximum atomic E-state index is 14.5. The Morgan fingerprint density at radius 2 is 0.566 bits per heavy atom. The van der Waals surface area contributed by atoms with Gasteiger partial charge in [-0.2, -0.15) is 0 Å². The number of aliphatic imine (C=N–C) groups is 3. The Labute approximate surface area is 578 Å². The molecular formula is C60H116N24O15. The molecule has 0 heterocycles. The van der Waals surface area contributed by atoms with Gasteiger partial charge in [-0.25, -0.2) is 4.79 Å². The van der Waals surface area contributed by atoms with E-state index in [1.807, 2.05) is 0 Å². The van der Waals surface area contributed by atoms with Crippen molar-refractivity contribution in [1.82, 2.24) is 58.5 Å². The number of carboxylic acid groups (broad SMARTS) is 1. The molecule has 0 saturated carbocycles. The van der Waals surface area contributed by atoms with Gasteiger partial charge < -0.3 is 131 Å². The van der Waals surface area contributed by atoms with Gasteiger partial charge in [-0.1, -0.05) is 41.5 Å². The van der Waals surface area contributed by atoms with Crippen molar-refractivity contribution < 1.29 is 72.9 Å². The number of carbonyl (C=O) groups excluding carboxylic acids is 11. The van der Waals surface area contributed by atoms with Crippen LogP contribution in [0.2, 0.25) is 0 Å². The third-order valence-corrected chi connectivity index (χ3v) is 15.4. The minimum Gasteiger partial charge on any atom is -0.480 e. The second kappa shape index (κ2) is 49.7. The predicted molar refractivity (Wildman–Crippen MR) is 370 cm³/mol. The number of guanidine groups is 3. The van der Waals surface area contributed by atoms with Gasteiger partial charge in [-0.15, -0.1) is 0 Å². The number of rotatable bonds is 52. The van der Waals surface area contributed by atoms with Crippen LogP contribution in [0, 0.1) is 17.8 Å². The number of carboxylic acids is 1. The number of nitrogens with zero attached hydrogens (tertiary/aromatic N) is 3. The van der Waals surface area contributed by atoms with Gasteiger partial charge in [0.25, 0.3) is 0 Å². The molecule has 0 spiro atoms. The van der Waals surface area contributed by atoms with Gasteiger partial charge in [0, 0.05) is 19.6 Å². The number of amides is 11. The summed E-state index contributed by atoms with van der Waals surface area (Å²) in [6, 6.07) is -16.9. The fraction of sp³-hybridized carbons (Fsp3) is 0.750. The van der Waals surface area contributed by atoms with E-state index in [2.05, 4.69) is 73.5 Å².